The van der Waals surface area contributed by atoms with Crippen molar-refractivity contribution >= 4 is 23.7 Å². The number of hydrogen-bond acceptors (Lipinski definition) is 5. The normalized spacial score (nSPS) is 10.6. The summed E-state index contributed by atoms with van der Waals surface area (Å²) in [5.41, 5.74) is 3.40. The Morgan fingerprint density at radius 3 is 2.81 bits per heavy atom. The van der Waals surface area contributed by atoms with E-state index in [1.165, 1.54) is 31.8 Å². The van der Waals surface area contributed by atoms with Gasteiger partial charge in [0.1, 0.15) is 0 Å². The average molecular weight is 306 g/mol. The average Bonchev–Trinajstić information content (AvgIpc) is 2.51. The van der Waals surface area contributed by atoms with Crippen LogP contribution in [0, 0.1) is 0 Å². The van der Waals surface area contributed by atoms with E-state index in [0.29, 0.717) is 11.1 Å². The van der Waals surface area contributed by atoms with Crippen molar-refractivity contribution in [3.63, 3.8) is 0 Å². The molecule has 0 aliphatic heterocycles. The number of hydrazone groups is 1. The standard InChI is InChI=1S/C14H12ClN3O3/c1-21-12-7-9(6-11(15)13(12)19)8-17-18-14(20)10-2-4-16-5-3-10/h2-8,19H,1H3,(H,18,20). The van der Waals surface area contributed by atoms with Crippen molar-refractivity contribution in [1.29, 1.82) is 0 Å². The van der Waals surface area contributed by atoms with Gasteiger partial charge < -0.3 is 9.84 Å². The van der Waals surface area contributed by atoms with Crippen LogP contribution in [0.2, 0.25) is 5.02 Å². The highest BCUT2D eigenvalue weighted by Gasteiger charge is 2.08. The molecule has 1 heterocycles. The molecule has 1 aromatic heterocycles. The molecule has 0 saturated heterocycles. The maximum Gasteiger partial charge on any atom is 0.271 e. The summed E-state index contributed by atoms with van der Waals surface area (Å²) in [5, 5.41) is 13.6. The number of aromatic hydroxyl groups is 1. The molecule has 0 aliphatic carbocycles. The highest BCUT2D eigenvalue weighted by molar-refractivity contribution is 6.32. The Morgan fingerprint density at radius 2 is 2.14 bits per heavy atom. The van der Waals surface area contributed by atoms with Crippen molar-refractivity contribution in [3.05, 3.63) is 52.8 Å². The summed E-state index contributed by atoms with van der Waals surface area (Å²) >= 11 is 5.85. The van der Waals surface area contributed by atoms with E-state index < -0.39 is 0 Å². The topological polar surface area (TPSA) is 83.8 Å². The Kier molecular flexibility index (Phi) is 4.73. The second-order valence-electron chi connectivity index (χ2n) is 3.99. The van der Waals surface area contributed by atoms with Crippen LogP contribution in [0.3, 0.4) is 0 Å². The summed E-state index contributed by atoms with van der Waals surface area (Å²) in [6.45, 7) is 0. The Labute approximate surface area is 126 Å². The zero-order valence-corrected chi connectivity index (χ0v) is 11.8. The third kappa shape index (κ3) is 3.70. The summed E-state index contributed by atoms with van der Waals surface area (Å²) < 4.78 is 4.97. The number of carbonyl (C=O) groups is 1. The molecule has 0 bridgehead atoms. The van der Waals surface area contributed by atoms with Gasteiger partial charge in [-0.3, -0.25) is 9.78 Å². The summed E-state index contributed by atoms with van der Waals surface area (Å²) in [6, 6.07) is 6.20. The molecule has 7 heteroatoms. The molecular weight excluding hydrogens is 294 g/mol. The molecule has 108 valence electrons. The lowest BCUT2D eigenvalue weighted by Gasteiger charge is -2.06. The van der Waals surface area contributed by atoms with Crippen molar-refractivity contribution in [2.24, 2.45) is 5.10 Å². The van der Waals surface area contributed by atoms with E-state index in [4.69, 9.17) is 16.3 Å². The molecular formula is C14H12ClN3O3. The van der Waals surface area contributed by atoms with Crippen LogP contribution in [0.15, 0.2) is 41.8 Å². The van der Waals surface area contributed by atoms with Crippen molar-refractivity contribution in [1.82, 2.24) is 10.4 Å². The highest BCUT2D eigenvalue weighted by atomic mass is 35.5. The monoisotopic (exact) mass is 305 g/mol. The Morgan fingerprint density at radius 1 is 1.43 bits per heavy atom. The van der Waals surface area contributed by atoms with Crippen molar-refractivity contribution in [3.8, 4) is 11.5 Å². The lowest BCUT2D eigenvalue weighted by molar-refractivity contribution is 0.0955. The number of methoxy groups -OCH3 is 1. The van der Waals surface area contributed by atoms with Crippen LogP contribution in [0.1, 0.15) is 15.9 Å². The van der Waals surface area contributed by atoms with E-state index in [2.05, 4.69) is 15.5 Å². The smallest absolute Gasteiger partial charge is 0.271 e. The van der Waals surface area contributed by atoms with E-state index in [1.807, 2.05) is 0 Å². The number of rotatable bonds is 4. The van der Waals surface area contributed by atoms with Crippen LogP contribution in [0.25, 0.3) is 0 Å². The number of carbonyl (C=O) groups excluding carboxylic acids is 1. The van der Waals surface area contributed by atoms with Gasteiger partial charge >= 0.3 is 0 Å². The van der Waals surface area contributed by atoms with E-state index in [-0.39, 0.29) is 22.4 Å². The number of aromatic nitrogens is 1. The Bertz CT molecular complexity index is 675. The first-order valence-corrected chi connectivity index (χ1v) is 6.29. The molecule has 21 heavy (non-hydrogen) atoms. The minimum Gasteiger partial charge on any atom is -0.503 e. The van der Waals surface area contributed by atoms with Crippen LogP contribution in [-0.2, 0) is 0 Å². The summed E-state index contributed by atoms with van der Waals surface area (Å²) in [5.74, 6) is -0.271. The largest absolute Gasteiger partial charge is 0.503 e. The molecule has 0 aliphatic rings. The highest BCUT2D eigenvalue weighted by Crippen LogP contribution is 2.34. The summed E-state index contributed by atoms with van der Waals surface area (Å²) in [6.07, 6.45) is 4.43. The zero-order valence-electron chi connectivity index (χ0n) is 11.1. The van der Waals surface area contributed by atoms with Gasteiger partial charge in [0, 0.05) is 18.0 Å². The van der Waals surface area contributed by atoms with Crippen LogP contribution in [0.4, 0.5) is 0 Å². The van der Waals surface area contributed by atoms with Crippen LogP contribution < -0.4 is 10.2 Å². The lowest BCUT2D eigenvalue weighted by atomic mass is 10.2. The molecule has 0 radical (unpaired) electrons. The summed E-state index contributed by atoms with van der Waals surface area (Å²) in [7, 11) is 1.41. The number of amides is 1. The van der Waals surface area contributed by atoms with Crippen molar-refractivity contribution in [2.75, 3.05) is 7.11 Å². The van der Waals surface area contributed by atoms with Gasteiger partial charge in [0.25, 0.3) is 5.91 Å². The van der Waals surface area contributed by atoms with Crippen LogP contribution in [0.5, 0.6) is 11.5 Å². The van der Waals surface area contributed by atoms with Crippen molar-refractivity contribution < 1.29 is 14.6 Å². The number of benzene rings is 1. The second kappa shape index (κ2) is 6.71. The number of hydrogen-bond donors (Lipinski definition) is 2. The molecule has 2 N–H and O–H groups in total. The van der Waals surface area contributed by atoms with Gasteiger partial charge in [-0.25, -0.2) is 5.43 Å². The van der Waals surface area contributed by atoms with E-state index >= 15 is 0 Å². The first-order chi connectivity index (χ1) is 10.1. The van der Waals surface area contributed by atoms with Gasteiger partial charge in [-0.15, -0.1) is 0 Å². The number of phenolic OH excluding ortho intramolecular Hbond substituents is 1. The van der Waals surface area contributed by atoms with E-state index in [0.717, 1.165) is 0 Å². The molecule has 6 nitrogen and oxygen atoms in total. The summed E-state index contributed by atoms with van der Waals surface area (Å²) in [4.78, 5) is 15.6. The predicted molar refractivity (Wildman–Crippen MR) is 79.0 cm³/mol. The fraction of sp³-hybridized carbons (Fsp3) is 0.0714. The molecule has 0 atom stereocenters. The minimum absolute atomic E-state index is 0.135. The Hall–Kier alpha value is -2.60. The molecule has 0 saturated carbocycles. The van der Waals surface area contributed by atoms with Gasteiger partial charge in [0.15, 0.2) is 11.5 Å². The molecule has 0 fully saturated rings. The molecule has 2 rings (SSSR count). The first-order valence-electron chi connectivity index (χ1n) is 5.91. The second-order valence-corrected chi connectivity index (χ2v) is 4.40. The maximum atomic E-state index is 11.7. The van der Waals surface area contributed by atoms with Crippen LogP contribution in [-0.4, -0.2) is 29.3 Å². The minimum atomic E-state index is -0.356. The fourth-order valence-electron chi connectivity index (χ4n) is 1.56. The van der Waals surface area contributed by atoms with E-state index in [9.17, 15) is 9.90 Å². The van der Waals surface area contributed by atoms with Gasteiger partial charge in [-0.2, -0.15) is 5.10 Å². The van der Waals surface area contributed by atoms with E-state index in [1.54, 1.807) is 18.2 Å². The number of pyridine rings is 1. The zero-order chi connectivity index (χ0) is 15.2. The lowest BCUT2D eigenvalue weighted by Crippen LogP contribution is -2.17. The fourth-order valence-corrected chi connectivity index (χ4v) is 1.78. The van der Waals surface area contributed by atoms with Gasteiger partial charge in [-0.1, -0.05) is 11.6 Å². The Balaban J connectivity index is 2.08. The van der Waals surface area contributed by atoms with Gasteiger partial charge in [0.05, 0.1) is 18.3 Å². The third-order valence-corrected chi connectivity index (χ3v) is 2.88. The van der Waals surface area contributed by atoms with Crippen molar-refractivity contribution in [2.45, 2.75) is 0 Å². The molecule has 1 aromatic carbocycles. The molecule has 2 aromatic rings. The number of ether oxygens (including phenoxy) is 1. The quantitative estimate of drug-likeness (QED) is 0.670. The molecule has 0 spiro atoms. The van der Waals surface area contributed by atoms with Gasteiger partial charge in [0.2, 0.25) is 0 Å². The maximum absolute atomic E-state index is 11.7. The van der Waals surface area contributed by atoms with Gasteiger partial charge in [-0.05, 0) is 29.8 Å². The first kappa shape index (κ1) is 14.8. The van der Waals surface area contributed by atoms with Crippen LogP contribution >= 0.6 is 11.6 Å². The SMILES string of the molecule is COc1cc(C=NNC(=O)c2ccncc2)cc(Cl)c1O. The number of nitrogens with one attached hydrogen (secondary N) is 1. The molecule has 1 amide bonds. The predicted octanol–water partition coefficient (Wildman–Crippen LogP) is 2.21. The number of phenols is 1. The molecule has 0 unspecified atom stereocenters. The third-order valence-electron chi connectivity index (χ3n) is 2.59. The number of nitrogens with zero attached hydrogens (tertiary/aromatic N) is 2. The number of halogens is 1.